The molecule has 0 bridgehead atoms. The van der Waals surface area contributed by atoms with Crippen molar-refractivity contribution in [1.29, 1.82) is 0 Å². The summed E-state index contributed by atoms with van der Waals surface area (Å²) in [6.07, 6.45) is 1.28. The standard InChI is InChI=1S/C21H25ClN4O4S/c1-13-11-30-17-6-5-15(22)9-16(17)20(28)23-7-3-4-8-26(10-18(27)25-13)21(29)19-14(2)24-12-31-19/h5-6,9,12-13H,3-4,7-8,10-11H2,1-2H3,(H,23,28)(H,25,27)/t13-/m0/s1. The number of amides is 3. The number of rotatable bonds is 1. The first-order chi connectivity index (χ1) is 14.8. The molecule has 3 amide bonds. The van der Waals surface area contributed by atoms with E-state index in [1.165, 1.54) is 16.2 Å². The summed E-state index contributed by atoms with van der Waals surface area (Å²) >= 11 is 7.31. The molecule has 0 aliphatic carbocycles. The number of hydrogen-bond donors (Lipinski definition) is 2. The SMILES string of the molecule is Cc1ncsc1C(=O)N1CCCCNC(=O)c2cc(Cl)ccc2OC[C@H](C)NC(=O)C1. The van der Waals surface area contributed by atoms with Crippen molar-refractivity contribution in [2.24, 2.45) is 0 Å². The Morgan fingerprint density at radius 3 is 2.87 bits per heavy atom. The molecule has 166 valence electrons. The van der Waals surface area contributed by atoms with Crippen LogP contribution in [0.1, 0.15) is 45.5 Å². The number of benzene rings is 1. The molecule has 0 spiro atoms. The third-order valence-corrected chi connectivity index (χ3v) is 5.94. The Balaban J connectivity index is 1.76. The smallest absolute Gasteiger partial charge is 0.266 e. The second-order valence-electron chi connectivity index (χ2n) is 7.38. The minimum Gasteiger partial charge on any atom is -0.491 e. The molecule has 8 nitrogen and oxygen atoms in total. The van der Waals surface area contributed by atoms with E-state index in [2.05, 4.69) is 15.6 Å². The van der Waals surface area contributed by atoms with E-state index >= 15 is 0 Å². The highest BCUT2D eigenvalue weighted by molar-refractivity contribution is 7.11. The second kappa shape index (κ2) is 10.6. The van der Waals surface area contributed by atoms with Crippen molar-refractivity contribution in [1.82, 2.24) is 20.5 Å². The number of carbonyl (C=O) groups excluding carboxylic acids is 3. The zero-order chi connectivity index (χ0) is 22.4. The Morgan fingerprint density at radius 1 is 1.32 bits per heavy atom. The normalized spacial score (nSPS) is 18.7. The van der Waals surface area contributed by atoms with Crippen LogP contribution < -0.4 is 15.4 Å². The van der Waals surface area contributed by atoms with Gasteiger partial charge in [0.2, 0.25) is 5.91 Å². The van der Waals surface area contributed by atoms with Gasteiger partial charge in [-0.05, 0) is 44.9 Å². The summed E-state index contributed by atoms with van der Waals surface area (Å²) < 4.78 is 5.78. The van der Waals surface area contributed by atoms with Gasteiger partial charge in [0.05, 0.1) is 29.4 Å². The lowest BCUT2D eigenvalue weighted by Crippen LogP contribution is -2.45. The molecular formula is C21H25ClN4O4S. The number of ether oxygens (including phenoxy) is 1. The van der Waals surface area contributed by atoms with Gasteiger partial charge >= 0.3 is 0 Å². The van der Waals surface area contributed by atoms with Crippen LogP contribution in [0.5, 0.6) is 5.75 Å². The molecule has 3 rings (SSSR count). The van der Waals surface area contributed by atoms with Gasteiger partial charge in [-0.1, -0.05) is 11.6 Å². The Kier molecular flexibility index (Phi) is 7.86. The van der Waals surface area contributed by atoms with Crippen LogP contribution >= 0.6 is 22.9 Å². The number of aromatic nitrogens is 1. The topological polar surface area (TPSA) is 101 Å². The minimum absolute atomic E-state index is 0.0565. The molecule has 10 heteroatoms. The van der Waals surface area contributed by atoms with Crippen molar-refractivity contribution < 1.29 is 19.1 Å². The van der Waals surface area contributed by atoms with Crippen LogP contribution in [-0.2, 0) is 4.79 Å². The predicted molar refractivity (Wildman–Crippen MR) is 119 cm³/mol. The molecule has 1 aliphatic rings. The lowest BCUT2D eigenvalue weighted by atomic mass is 10.2. The fraction of sp³-hybridized carbons (Fsp3) is 0.429. The Bertz CT molecular complexity index is 965. The van der Waals surface area contributed by atoms with E-state index < -0.39 is 0 Å². The number of carbonyl (C=O) groups is 3. The van der Waals surface area contributed by atoms with Crippen LogP contribution in [0.3, 0.4) is 0 Å². The lowest BCUT2D eigenvalue weighted by molar-refractivity contribution is -0.122. The first-order valence-corrected chi connectivity index (χ1v) is 11.3. The number of halogens is 1. The number of nitrogens with one attached hydrogen (secondary N) is 2. The van der Waals surface area contributed by atoms with Crippen LogP contribution in [0, 0.1) is 6.92 Å². The largest absolute Gasteiger partial charge is 0.491 e. The summed E-state index contributed by atoms with van der Waals surface area (Å²) in [6.45, 7) is 4.50. The zero-order valence-electron chi connectivity index (χ0n) is 17.4. The van der Waals surface area contributed by atoms with E-state index in [0.29, 0.717) is 52.8 Å². The van der Waals surface area contributed by atoms with Crippen LogP contribution in [0.25, 0.3) is 0 Å². The maximum atomic E-state index is 12.9. The Hall–Kier alpha value is -2.65. The highest BCUT2D eigenvalue weighted by Gasteiger charge is 2.23. The van der Waals surface area contributed by atoms with Gasteiger partial charge in [-0.25, -0.2) is 4.98 Å². The van der Waals surface area contributed by atoms with Crippen LogP contribution in [0.15, 0.2) is 23.7 Å². The van der Waals surface area contributed by atoms with Crippen molar-refractivity contribution in [3.63, 3.8) is 0 Å². The van der Waals surface area contributed by atoms with Crippen molar-refractivity contribution in [3.8, 4) is 5.75 Å². The summed E-state index contributed by atoms with van der Waals surface area (Å²) in [5, 5.41) is 6.15. The number of nitrogens with zero attached hydrogens (tertiary/aromatic N) is 2. The van der Waals surface area contributed by atoms with Gasteiger partial charge in [0.1, 0.15) is 17.2 Å². The monoisotopic (exact) mass is 464 g/mol. The number of thiazole rings is 1. The third kappa shape index (κ3) is 6.18. The summed E-state index contributed by atoms with van der Waals surface area (Å²) in [5.41, 5.74) is 2.62. The summed E-state index contributed by atoms with van der Waals surface area (Å²) in [7, 11) is 0. The number of hydrogen-bond acceptors (Lipinski definition) is 6. The Labute approximate surface area is 189 Å². The fourth-order valence-corrected chi connectivity index (χ4v) is 4.13. The molecule has 1 aliphatic heterocycles. The average molecular weight is 465 g/mol. The minimum atomic E-state index is -0.327. The molecule has 2 N–H and O–H groups in total. The van der Waals surface area contributed by atoms with Gasteiger partial charge in [0.25, 0.3) is 11.8 Å². The molecule has 1 aromatic heterocycles. The van der Waals surface area contributed by atoms with E-state index in [1.54, 1.807) is 37.6 Å². The van der Waals surface area contributed by atoms with E-state index in [9.17, 15) is 14.4 Å². The molecule has 2 heterocycles. The molecule has 0 saturated heterocycles. The fourth-order valence-electron chi connectivity index (χ4n) is 3.18. The van der Waals surface area contributed by atoms with Crippen LogP contribution in [0.4, 0.5) is 0 Å². The van der Waals surface area contributed by atoms with Gasteiger partial charge in [-0.3, -0.25) is 14.4 Å². The van der Waals surface area contributed by atoms with Gasteiger partial charge < -0.3 is 20.3 Å². The lowest BCUT2D eigenvalue weighted by Gasteiger charge is -2.23. The first kappa shape index (κ1) is 23.0. The molecule has 0 saturated carbocycles. The Morgan fingerprint density at radius 2 is 2.13 bits per heavy atom. The number of fused-ring (bicyclic) bond motifs is 1. The van der Waals surface area contributed by atoms with Gasteiger partial charge in [-0.15, -0.1) is 11.3 Å². The van der Waals surface area contributed by atoms with Crippen molar-refractivity contribution in [2.75, 3.05) is 26.2 Å². The molecule has 0 radical (unpaired) electrons. The molecule has 1 atom stereocenters. The second-order valence-corrected chi connectivity index (χ2v) is 8.67. The molecule has 0 unspecified atom stereocenters. The number of aryl methyl sites for hydroxylation is 1. The third-order valence-electron chi connectivity index (χ3n) is 4.78. The zero-order valence-corrected chi connectivity index (χ0v) is 19.0. The molecule has 31 heavy (non-hydrogen) atoms. The van der Waals surface area contributed by atoms with E-state index in [1.807, 2.05) is 0 Å². The van der Waals surface area contributed by atoms with Crippen molar-refractivity contribution in [3.05, 3.63) is 44.9 Å². The molecule has 0 fully saturated rings. The highest BCUT2D eigenvalue weighted by Crippen LogP contribution is 2.23. The van der Waals surface area contributed by atoms with E-state index in [0.717, 1.165) is 0 Å². The highest BCUT2D eigenvalue weighted by atomic mass is 35.5. The van der Waals surface area contributed by atoms with Crippen LogP contribution in [0.2, 0.25) is 5.02 Å². The maximum Gasteiger partial charge on any atom is 0.266 e. The van der Waals surface area contributed by atoms with Gasteiger partial charge in [-0.2, -0.15) is 0 Å². The summed E-state index contributed by atoms with van der Waals surface area (Å²) in [6, 6.07) is 4.52. The first-order valence-electron chi connectivity index (χ1n) is 10.0. The summed E-state index contributed by atoms with van der Waals surface area (Å²) in [4.78, 5) is 44.3. The van der Waals surface area contributed by atoms with Gasteiger partial charge in [0.15, 0.2) is 0 Å². The molecule has 1 aromatic carbocycles. The van der Waals surface area contributed by atoms with Crippen molar-refractivity contribution in [2.45, 2.75) is 32.7 Å². The summed E-state index contributed by atoms with van der Waals surface area (Å²) in [5.74, 6) is -0.367. The van der Waals surface area contributed by atoms with E-state index in [-0.39, 0.29) is 36.9 Å². The quantitative estimate of drug-likeness (QED) is 0.675. The maximum absolute atomic E-state index is 12.9. The average Bonchev–Trinajstić information content (AvgIpc) is 3.16. The molecule has 2 aromatic rings. The van der Waals surface area contributed by atoms with Gasteiger partial charge in [0, 0.05) is 18.1 Å². The molecular weight excluding hydrogens is 440 g/mol. The predicted octanol–water partition coefficient (Wildman–Crippen LogP) is 2.65. The van der Waals surface area contributed by atoms with Crippen molar-refractivity contribution >= 4 is 40.7 Å². The van der Waals surface area contributed by atoms with E-state index in [4.69, 9.17) is 16.3 Å². The van der Waals surface area contributed by atoms with Crippen LogP contribution in [-0.4, -0.2) is 59.9 Å².